The lowest BCUT2D eigenvalue weighted by Gasteiger charge is -2.11. The molecule has 11 heteroatoms. The molecule has 434 valence electrons. The number of furan rings is 2. The summed E-state index contributed by atoms with van der Waals surface area (Å²) < 4.78 is 15.3. The average Bonchev–Trinajstić information content (AvgIpc) is 1.65. The van der Waals surface area contributed by atoms with Gasteiger partial charge in [-0.2, -0.15) is 0 Å². The Morgan fingerprint density at radius 1 is 0.226 bits per heavy atom. The molecular formula is C82H48N8O2S. The Morgan fingerprint density at radius 3 is 1.20 bits per heavy atom. The lowest BCUT2D eigenvalue weighted by Crippen LogP contribution is -2.00. The molecule has 0 N–H and O–H groups in total. The van der Waals surface area contributed by atoms with Crippen molar-refractivity contribution in [3.8, 4) is 124 Å². The number of benzene rings is 12. The Bertz CT molecular complexity index is 5910. The molecule has 0 aliphatic carbocycles. The summed E-state index contributed by atoms with van der Waals surface area (Å²) in [4.78, 5) is 41.3. The number of rotatable bonds is 11. The third-order valence-electron chi connectivity index (χ3n) is 17.3. The Kier molecular flexibility index (Phi) is 12.8. The highest BCUT2D eigenvalue weighted by atomic mass is 32.1. The SMILES string of the molecule is c1ccc(-c2ccc(-c3nc(-c4ccc(-c5cccc(-c6ccc(-c7nc(-c8ccccc8)nc(-c8ccc9c(c8)oc8ccccc89)n7)cc6)c5)cc4)nc(-c4ccc5c(c4)oc4cccc(-c6nc(-c7ccccc7)c7sc8ccccc8c7n6)c45)n3)cc2)cc1. The van der Waals surface area contributed by atoms with Crippen LogP contribution in [0.25, 0.3) is 189 Å². The van der Waals surface area contributed by atoms with Crippen LogP contribution in [-0.2, 0) is 0 Å². The fourth-order valence-electron chi connectivity index (χ4n) is 12.6. The maximum Gasteiger partial charge on any atom is 0.164 e. The standard InChI is InChI=1S/C82H48N8O2S/c1-4-16-49(17-5-1)50-30-36-55(37-31-50)78-86-79(90-81(89-78)61-43-45-64-70(48-61)92-68-28-15-26-66(72(64)68)82-83-73(53-18-6-2-7-19-53)75-74(84-82)65-25-11-13-29-71(65)93-75)57-40-34-52(35-41-57)59-23-14-22-58(46-59)51-32-38-56(39-33-51)77-85-76(54-20-8-3-9-21-54)87-80(88-77)60-42-44-63-62-24-10-12-27-67(62)91-69(63)47-60/h1-48H. The highest BCUT2D eigenvalue weighted by Gasteiger charge is 2.22. The van der Waals surface area contributed by atoms with Crippen LogP contribution in [0.1, 0.15) is 0 Å². The molecule has 0 spiro atoms. The van der Waals surface area contributed by atoms with E-state index < -0.39 is 0 Å². The van der Waals surface area contributed by atoms with Crippen molar-refractivity contribution < 1.29 is 8.83 Å². The maximum absolute atomic E-state index is 6.75. The topological polar surface area (TPSA) is 129 Å². The van der Waals surface area contributed by atoms with E-state index in [9.17, 15) is 0 Å². The summed E-state index contributed by atoms with van der Waals surface area (Å²) >= 11 is 1.73. The zero-order valence-corrected chi connectivity index (χ0v) is 50.3. The second-order valence-corrected chi connectivity index (χ2v) is 24.0. The van der Waals surface area contributed by atoms with E-state index in [1.807, 2.05) is 84.9 Å². The van der Waals surface area contributed by atoms with Crippen LogP contribution >= 0.6 is 11.3 Å². The summed E-state index contributed by atoms with van der Waals surface area (Å²) in [5, 5.41) is 5.11. The first-order valence-electron chi connectivity index (χ1n) is 30.7. The lowest BCUT2D eigenvalue weighted by molar-refractivity contribution is 0.668. The predicted molar refractivity (Wildman–Crippen MR) is 376 cm³/mol. The van der Waals surface area contributed by atoms with Gasteiger partial charge in [-0.15, -0.1) is 11.3 Å². The number of hydrogen-bond donors (Lipinski definition) is 0. The van der Waals surface area contributed by atoms with Gasteiger partial charge in [-0.1, -0.05) is 243 Å². The molecule has 0 bridgehead atoms. The van der Waals surface area contributed by atoms with Crippen molar-refractivity contribution >= 4 is 75.5 Å². The third-order valence-corrected chi connectivity index (χ3v) is 18.4. The van der Waals surface area contributed by atoms with Crippen LogP contribution in [0.15, 0.2) is 300 Å². The van der Waals surface area contributed by atoms with Gasteiger partial charge in [-0.25, -0.2) is 39.9 Å². The van der Waals surface area contributed by atoms with Gasteiger partial charge in [0.1, 0.15) is 22.3 Å². The molecule has 6 heterocycles. The number of hydrogen-bond acceptors (Lipinski definition) is 11. The highest BCUT2D eigenvalue weighted by molar-refractivity contribution is 7.26. The average molecular weight is 1210 g/mol. The molecule has 18 rings (SSSR count). The second kappa shape index (κ2) is 22.2. The molecule has 18 aromatic rings. The van der Waals surface area contributed by atoms with Gasteiger partial charge >= 0.3 is 0 Å². The molecule has 0 atom stereocenters. The van der Waals surface area contributed by atoms with Gasteiger partial charge in [0.25, 0.3) is 0 Å². The molecule has 0 unspecified atom stereocenters. The fourth-order valence-corrected chi connectivity index (χ4v) is 13.7. The number of fused-ring (bicyclic) bond motifs is 9. The Balaban J connectivity index is 0.674. The van der Waals surface area contributed by atoms with Crippen LogP contribution in [0.4, 0.5) is 0 Å². The minimum atomic E-state index is 0.520. The lowest BCUT2D eigenvalue weighted by atomic mass is 9.97. The molecule has 93 heavy (non-hydrogen) atoms. The van der Waals surface area contributed by atoms with Crippen LogP contribution in [0.5, 0.6) is 0 Å². The first-order chi connectivity index (χ1) is 46.0. The van der Waals surface area contributed by atoms with Crippen molar-refractivity contribution in [2.24, 2.45) is 0 Å². The minimum Gasteiger partial charge on any atom is -0.456 e. The smallest absolute Gasteiger partial charge is 0.164 e. The monoisotopic (exact) mass is 1210 g/mol. The highest BCUT2D eigenvalue weighted by Crippen LogP contribution is 2.43. The quantitative estimate of drug-likeness (QED) is 0.123. The number of nitrogens with zero attached hydrogens (tertiary/aromatic N) is 8. The maximum atomic E-state index is 6.75. The van der Waals surface area contributed by atoms with Crippen LogP contribution in [-0.4, -0.2) is 39.9 Å². The van der Waals surface area contributed by atoms with Crippen molar-refractivity contribution in [3.63, 3.8) is 0 Å². The van der Waals surface area contributed by atoms with E-state index in [2.05, 4.69) is 206 Å². The number of aromatic nitrogens is 8. The fraction of sp³-hybridized carbons (Fsp3) is 0. The summed E-state index contributed by atoms with van der Waals surface area (Å²) in [7, 11) is 0. The zero-order valence-electron chi connectivity index (χ0n) is 49.5. The molecule has 10 nitrogen and oxygen atoms in total. The van der Waals surface area contributed by atoms with Gasteiger partial charge in [0, 0.05) is 76.1 Å². The first-order valence-corrected chi connectivity index (χ1v) is 31.5. The molecule has 0 saturated heterocycles. The summed E-state index contributed by atoms with van der Waals surface area (Å²) in [6.45, 7) is 0. The summed E-state index contributed by atoms with van der Waals surface area (Å²) in [6, 6.07) is 99.6. The zero-order chi connectivity index (χ0) is 61.3. The van der Waals surface area contributed by atoms with E-state index in [1.54, 1.807) is 11.3 Å². The molecule has 0 aliphatic heterocycles. The summed E-state index contributed by atoms with van der Waals surface area (Å²) in [6.07, 6.45) is 0. The van der Waals surface area contributed by atoms with Crippen molar-refractivity contribution in [2.45, 2.75) is 0 Å². The van der Waals surface area contributed by atoms with Crippen molar-refractivity contribution in [2.75, 3.05) is 0 Å². The van der Waals surface area contributed by atoms with E-state index in [1.165, 1.54) is 4.70 Å². The minimum absolute atomic E-state index is 0.520. The Morgan fingerprint density at radius 2 is 0.613 bits per heavy atom. The van der Waals surface area contributed by atoms with Crippen LogP contribution in [0, 0.1) is 0 Å². The predicted octanol–water partition coefficient (Wildman–Crippen LogP) is 21.4. The van der Waals surface area contributed by atoms with Gasteiger partial charge in [0.15, 0.2) is 40.8 Å². The first kappa shape index (κ1) is 53.6. The van der Waals surface area contributed by atoms with Crippen molar-refractivity contribution in [1.82, 2.24) is 39.9 Å². The van der Waals surface area contributed by atoms with Crippen molar-refractivity contribution in [3.05, 3.63) is 291 Å². The van der Waals surface area contributed by atoms with Crippen LogP contribution in [0.2, 0.25) is 0 Å². The molecule has 12 aromatic carbocycles. The van der Waals surface area contributed by atoms with Gasteiger partial charge in [0.2, 0.25) is 0 Å². The van der Waals surface area contributed by atoms with Crippen molar-refractivity contribution in [1.29, 1.82) is 0 Å². The molecular weight excluding hydrogens is 1160 g/mol. The van der Waals surface area contributed by atoms with Gasteiger partial charge in [-0.05, 0) is 81.9 Å². The normalized spacial score (nSPS) is 11.7. The van der Waals surface area contributed by atoms with Crippen LogP contribution in [0.3, 0.4) is 0 Å². The van der Waals surface area contributed by atoms with E-state index in [0.29, 0.717) is 46.4 Å². The van der Waals surface area contributed by atoms with E-state index in [4.69, 9.17) is 48.7 Å². The Labute approximate surface area is 536 Å². The van der Waals surface area contributed by atoms with E-state index in [0.717, 1.165) is 137 Å². The van der Waals surface area contributed by atoms with Gasteiger partial charge in [0.05, 0.1) is 15.9 Å². The van der Waals surface area contributed by atoms with E-state index >= 15 is 0 Å². The molecule has 6 aromatic heterocycles. The van der Waals surface area contributed by atoms with Crippen LogP contribution < -0.4 is 0 Å². The largest absolute Gasteiger partial charge is 0.456 e. The molecule has 0 radical (unpaired) electrons. The van der Waals surface area contributed by atoms with E-state index in [-0.39, 0.29) is 0 Å². The van der Waals surface area contributed by atoms with Gasteiger partial charge in [-0.3, -0.25) is 0 Å². The Hall–Kier alpha value is -12.4. The third kappa shape index (κ3) is 9.75. The number of thiophene rings is 1. The summed E-state index contributed by atoms with van der Waals surface area (Å²) in [5.74, 6) is 4.00. The summed E-state index contributed by atoms with van der Waals surface area (Å²) in [5.41, 5.74) is 18.4. The molecule has 0 amide bonds. The molecule has 0 saturated carbocycles. The molecule has 0 fully saturated rings. The van der Waals surface area contributed by atoms with Gasteiger partial charge < -0.3 is 8.83 Å². The molecule has 0 aliphatic rings. The number of para-hydroxylation sites is 1. The second-order valence-electron chi connectivity index (χ2n) is 23.0.